The number of amides is 2. The zero-order valence-electron chi connectivity index (χ0n) is 16.2. The lowest BCUT2D eigenvalue weighted by Crippen LogP contribution is -2.41. The molecular weight excluding hydrogens is 388 g/mol. The van der Waals surface area contributed by atoms with Crippen LogP contribution in [0.4, 0.5) is 0 Å². The molecule has 0 saturated carbocycles. The van der Waals surface area contributed by atoms with Gasteiger partial charge < -0.3 is 4.74 Å². The third-order valence-corrected chi connectivity index (χ3v) is 4.12. The Labute approximate surface area is 172 Å². The molecule has 0 radical (unpaired) electrons. The fourth-order valence-corrected chi connectivity index (χ4v) is 2.58. The molecule has 2 aromatic carbocycles. The number of nitrogens with one attached hydrogen (secondary N) is 2. The lowest BCUT2D eigenvalue weighted by Gasteiger charge is -2.08. The van der Waals surface area contributed by atoms with Crippen molar-refractivity contribution in [1.29, 1.82) is 0 Å². The largest absolute Gasteiger partial charge is 0.494 e. The van der Waals surface area contributed by atoms with E-state index >= 15 is 0 Å². The van der Waals surface area contributed by atoms with E-state index in [1.165, 1.54) is 11.0 Å². The molecule has 0 aliphatic heterocycles. The Hall–Kier alpha value is -4.08. The van der Waals surface area contributed by atoms with E-state index in [0.717, 1.165) is 0 Å². The van der Waals surface area contributed by atoms with Gasteiger partial charge in [0.25, 0.3) is 5.91 Å². The Morgan fingerprint density at radius 2 is 1.63 bits per heavy atom. The molecule has 3 rings (SSSR count). The zero-order valence-corrected chi connectivity index (χ0v) is 16.2. The molecule has 0 unspecified atom stereocenters. The number of nitrogens with zero attached hydrogens (tertiary/aromatic N) is 4. The second-order valence-electron chi connectivity index (χ2n) is 6.18. The second kappa shape index (κ2) is 9.92. The van der Waals surface area contributed by atoms with Crippen molar-refractivity contribution >= 4 is 17.6 Å². The number of hydrogen-bond donors (Lipinski definition) is 2. The SMILES string of the molecule is CCOc1ccc(C(=O)CCC(=O)NNC(=O)c2ccc(-n3cnnn3)cc2)cc1. The van der Waals surface area contributed by atoms with Gasteiger partial charge in [0, 0.05) is 24.0 Å². The quantitative estimate of drug-likeness (QED) is 0.427. The highest BCUT2D eigenvalue weighted by molar-refractivity contribution is 5.99. The van der Waals surface area contributed by atoms with Gasteiger partial charge in [-0.05, 0) is 65.9 Å². The van der Waals surface area contributed by atoms with Crippen LogP contribution < -0.4 is 15.6 Å². The van der Waals surface area contributed by atoms with E-state index in [1.54, 1.807) is 48.5 Å². The van der Waals surface area contributed by atoms with Crippen molar-refractivity contribution in [3.63, 3.8) is 0 Å². The van der Waals surface area contributed by atoms with Crippen LogP contribution in [0.2, 0.25) is 0 Å². The van der Waals surface area contributed by atoms with Crippen molar-refractivity contribution in [1.82, 2.24) is 31.1 Å². The zero-order chi connectivity index (χ0) is 21.3. The summed E-state index contributed by atoms with van der Waals surface area (Å²) >= 11 is 0. The Morgan fingerprint density at radius 3 is 2.27 bits per heavy atom. The standard InChI is InChI=1S/C20H20N6O4/c1-2-30-17-9-5-14(6-10-17)18(27)11-12-19(28)22-23-20(29)15-3-7-16(8-4-15)26-13-21-24-25-26/h3-10,13H,2,11-12H2,1H3,(H,22,28)(H,23,29). The molecule has 0 bridgehead atoms. The smallest absolute Gasteiger partial charge is 0.269 e. The Kier molecular flexibility index (Phi) is 6.83. The third-order valence-electron chi connectivity index (χ3n) is 4.12. The molecule has 0 aliphatic rings. The predicted molar refractivity (Wildman–Crippen MR) is 106 cm³/mol. The number of rotatable bonds is 8. The van der Waals surface area contributed by atoms with Crippen molar-refractivity contribution in [2.75, 3.05) is 6.61 Å². The van der Waals surface area contributed by atoms with Gasteiger partial charge in [-0.3, -0.25) is 25.2 Å². The van der Waals surface area contributed by atoms with Crippen molar-refractivity contribution in [3.05, 3.63) is 66.0 Å². The van der Waals surface area contributed by atoms with Gasteiger partial charge in [0.05, 0.1) is 12.3 Å². The van der Waals surface area contributed by atoms with Crippen molar-refractivity contribution in [3.8, 4) is 11.4 Å². The molecule has 1 heterocycles. The number of carbonyl (C=O) groups is 3. The van der Waals surface area contributed by atoms with Crippen LogP contribution in [0, 0.1) is 0 Å². The Morgan fingerprint density at radius 1 is 0.933 bits per heavy atom. The van der Waals surface area contributed by atoms with Gasteiger partial charge in [-0.15, -0.1) is 5.10 Å². The predicted octanol–water partition coefficient (Wildman–Crippen LogP) is 1.49. The van der Waals surface area contributed by atoms with Gasteiger partial charge >= 0.3 is 0 Å². The molecule has 2 N–H and O–H groups in total. The van der Waals surface area contributed by atoms with Crippen LogP contribution in [0.15, 0.2) is 54.9 Å². The van der Waals surface area contributed by atoms with Gasteiger partial charge in [0.15, 0.2) is 5.78 Å². The maximum Gasteiger partial charge on any atom is 0.269 e. The first-order valence-corrected chi connectivity index (χ1v) is 9.25. The van der Waals surface area contributed by atoms with E-state index in [4.69, 9.17) is 4.74 Å². The highest BCUT2D eigenvalue weighted by Crippen LogP contribution is 2.14. The number of aromatic nitrogens is 4. The van der Waals surface area contributed by atoms with Crippen molar-refractivity contribution in [2.45, 2.75) is 19.8 Å². The van der Waals surface area contributed by atoms with Gasteiger partial charge in [0.1, 0.15) is 12.1 Å². The van der Waals surface area contributed by atoms with Crippen molar-refractivity contribution < 1.29 is 19.1 Å². The Bertz CT molecular complexity index is 1000. The number of hydrogen-bond acceptors (Lipinski definition) is 7. The summed E-state index contributed by atoms with van der Waals surface area (Å²) in [7, 11) is 0. The molecule has 2 amide bonds. The van der Waals surface area contributed by atoms with Gasteiger partial charge in [-0.2, -0.15) is 0 Å². The summed E-state index contributed by atoms with van der Waals surface area (Å²) in [6, 6.07) is 13.2. The van der Waals surface area contributed by atoms with Crippen LogP contribution in [-0.4, -0.2) is 44.4 Å². The summed E-state index contributed by atoms with van der Waals surface area (Å²) in [5.41, 5.74) is 6.16. The molecule has 10 nitrogen and oxygen atoms in total. The van der Waals surface area contributed by atoms with E-state index < -0.39 is 11.8 Å². The van der Waals surface area contributed by atoms with Crippen LogP contribution in [0.25, 0.3) is 5.69 Å². The minimum atomic E-state index is -0.482. The number of Topliss-reactive ketones (excluding diaryl/α,β-unsaturated/α-hetero) is 1. The van der Waals surface area contributed by atoms with E-state index in [-0.39, 0.29) is 18.6 Å². The second-order valence-corrected chi connectivity index (χ2v) is 6.18. The van der Waals surface area contributed by atoms with Crippen LogP contribution in [0.3, 0.4) is 0 Å². The first-order chi connectivity index (χ1) is 14.6. The monoisotopic (exact) mass is 408 g/mol. The number of benzene rings is 2. The molecule has 30 heavy (non-hydrogen) atoms. The van der Waals surface area contributed by atoms with Crippen LogP contribution in [0.1, 0.15) is 40.5 Å². The average Bonchev–Trinajstić information content (AvgIpc) is 3.31. The lowest BCUT2D eigenvalue weighted by atomic mass is 10.1. The molecule has 0 atom stereocenters. The number of carbonyl (C=O) groups excluding carboxylic acids is 3. The van der Waals surface area contributed by atoms with E-state index in [1.807, 2.05) is 6.92 Å². The van der Waals surface area contributed by atoms with E-state index in [9.17, 15) is 14.4 Å². The summed E-state index contributed by atoms with van der Waals surface area (Å²) in [6.45, 7) is 2.42. The minimum absolute atomic E-state index is 0.0241. The molecule has 10 heteroatoms. The minimum Gasteiger partial charge on any atom is -0.494 e. The topological polar surface area (TPSA) is 128 Å². The summed E-state index contributed by atoms with van der Waals surface area (Å²) < 4.78 is 6.78. The maximum absolute atomic E-state index is 12.2. The van der Waals surface area contributed by atoms with Gasteiger partial charge in [-0.1, -0.05) is 0 Å². The molecule has 0 saturated heterocycles. The normalized spacial score (nSPS) is 10.3. The average molecular weight is 408 g/mol. The molecule has 3 aromatic rings. The lowest BCUT2D eigenvalue weighted by molar-refractivity contribution is -0.121. The third kappa shape index (κ3) is 5.47. The van der Waals surface area contributed by atoms with Gasteiger partial charge in [0.2, 0.25) is 5.91 Å². The highest BCUT2D eigenvalue weighted by Gasteiger charge is 2.11. The summed E-state index contributed by atoms with van der Waals surface area (Å²) in [6.07, 6.45) is 1.41. The van der Waals surface area contributed by atoms with Crippen molar-refractivity contribution in [2.24, 2.45) is 0 Å². The Balaban J connectivity index is 1.43. The number of hydrazine groups is 1. The first kappa shape index (κ1) is 20.6. The fourth-order valence-electron chi connectivity index (χ4n) is 2.58. The van der Waals surface area contributed by atoms with Crippen LogP contribution >= 0.6 is 0 Å². The molecule has 0 fully saturated rings. The molecule has 1 aromatic heterocycles. The number of ketones is 1. The highest BCUT2D eigenvalue weighted by atomic mass is 16.5. The summed E-state index contributed by atoms with van der Waals surface area (Å²) in [5, 5.41) is 10.8. The molecule has 0 spiro atoms. The molecule has 154 valence electrons. The van der Waals surface area contributed by atoms with Crippen LogP contribution in [0.5, 0.6) is 5.75 Å². The maximum atomic E-state index is 12.2. The molecule has 0 aliphatic carbocycles. The summed E-state index contributed by atoms with van der Waals surface area (Å²) in [4.78, 5) is 36.3. The number of tetrazole rings is 1. The van der Waals surface area contributed by atoms with Crippen LogP contribution in [-0.2, 0) is 4.79 Å². The van der Waals surface area contributed by atoms with Gasteiger partial charge in [-0.25, -0.2) is 4.68 Å². The summed E-state index contributed by atoms with van der Waals surface area (Å²) in [5.74, 6) is -0.435. The molecular formula is C20H20N6O4. The fraction of sp³-hybridized carbons (Fsp3) is 0.200. The van der Waals surface area contributed by atoms with E-state index in [2.05, 4.69) is 26.4 Å². The first-order valence-electron chi connectivity index (χ1n) is 9.25. The van der Waals surface area contributed by atoms with E-state index in [0.29, 0.717) is 29.2 Å². The number of ether oxygens (including phenoxy) is 1.